The predicted molar refractivity (Wildman–Crippen MR) is 86.8 cm³/mol. The number of nitrogen functional groups attached to an aromatic ring is 1. The summed E-state index contributed by atoms with van der Waals surface area (Å²) in [5.74, 6) is 0.221. The molecule has 1 aromatic heterocycles. The van der Waals surface area contributed by atoms with Crippen LogP contribution in [0.15, 0.2) is 47.0 Å². The van der Waals surface area contributed by atoms with E-state index in [0.29, 0.717) is 26.3 Å². The van der Waals surface area contributed by atoms with Crippen molar-refractivity contribution in [1.29, 1.82) is 0 Å². The Hall–Kier alpha value is -1.68. The van der Waals surface area contributed by atoms with Crippen molar-refractivity contribution < 1.29 is 4.52 Å². The molecule has 0 aliphatic carbocycles. The van der Waals surface area contributed by atoms with Gasteiger partial charge >= 0.3 is 0 Å². The Labute approximate surface area is 136 Å². The van der Waals surface area contributed by atoms with Crippen LogP contribution in [-0.2, 0) is 0 Å². The second-order valence-electron chi connectivity index (χ2n) is 4.41. The number of hydrogen-bond donors (Lipinski definition) is 1. The van der Waals surface area contributed by atoms with Crippen LogP contribution in [0.2, 0.25) is 15.1 Å². The first-order chi connectivity index (χ1) is 10.1. The van der Waals surface area contributed by atoms with Gasteiger partial charge in [-0.15, -0.1) is 0 Å². The molecule has 0 amide bonds. The van der Waals surface area contributed by atoms with E-state index in [0.717, 1.165) is 11.1 Å². The highest BCUT2D eigenvalue weighted by molar-refractivity contribution is 6.42. The summed E-state index contributed by atoms with van der Waals surface area (Å²) < 4.78 is 5.12. The van der Waals surface area contributed by atoms with Gasteiger partial charge in [0, 0.05) is 10.6 Å². The van der Waals surface area contributed by atoms with E-state index in [9.17, 15) is 0 Å². The molecule has 3 aromatic rings. The zero-order valence-electron chi connectivity index (χ0n) is 10.6. The van der Waals surface area contributed by atoms with Crippen LogP contribution in [0, 0.1) is 0 Å². The van der Waals surface area contributed by atoms with Gasteiger partial charge < -0.3 is 10.3 Å². The lowest BCUT2D eigenvalue weighted by Gasteiger charge is -2.04. The lowest BCUT2D eigenvalue weighted by molar-refractivity contribution is 0.439. The molecule has 2 aromatic carbocycles. The first kappa shape index (κ1) is 14.3. The number of benzene rings is 2. The molecule has 106 valence electrons. The molecule has 1 heterocycles. The van der Waals surface area contributed by atoms with E-state index in [4.69, 9.17) is 45.1 Å². The first-order valence-corrected chi connectivity index (χ1v) is 7.16. The van der Waals surface area contributed by atoms with Crippen molar-refractivity contribution in [3.63, 3.8) is 0 Å². The van der Waals surface area contributed by atoms with Gasteiger partial charge in [0.05, 0.1) is 15.6 Å². The van der Waals surface area contributed by atoms with Crippen molar-refractivity contribution in [2.24, 2.45) is 0 Å². The molecule has 0 spiro atoms. The van der Waals surface area contributed by atoms with Gasteiger partial charge in [-0.25, -0.2) is 0 Å². The Morgan fingerprint density at radius 1 is 0.905 bits per heavy atom. The Kier molecular flexibility index (Phi) is 3.81. The molecule has 0 atom stereocenters. The molecule has 0 radical (unpaired) electrons. The van der Waals surface area contributed by atoms with Crippen molar-refractivity contribution in [1.82, 2.24) is 5.16 Å². The molecule has 0 aliphatic rings. The van der Waals surface area contributed by atoms with Gasteiger partial charge in [-0.2, -0.15) is 0 Å². The van der Waals surface area contributed by atoms with E-state index in [1.54, 1.807) is 30.3 Å². The van der Waals surface area contributed by atoms with Crippen LogP contribution in [0.5, 0.6) is 0 Å². The maximum absolute atomic E-state index is 6.05. The zero-order chi connectivity index (χ0) is 15.0. The minimum Gasteiger partial charge on any atom is -0.367 e. The minimum absolute atomic E-state index is 0.221. The summed E-state index contributed by atoms with van der Waals surface area (Å²) in [6.45, 7) is 0. The molecule has 2 N–H and O–H groups in total. The summed E-state index contributed by atoms with van der Waals surface area (Å²) in [7, 11) is 0. The molecule has 0 unspecified atom stereocenters. The first-order valence-electron chi connectivity index (χ1n) is 6.03. The van der Waals surface area contributed by atoms with E-state index >= 15 is 0 Å². The largest absolute Gasteiger partial charge is 0.367 e. The molecular formula is C15H9Cl3N2O. The van der Waals surface area contributed by atoms with E-state index in [-0.39, 0.29) is 5.88 Å². The van der Waals surface area contributed by atoms with Crippen molar-refractivity contribution in [2.45, 2.75) is 0 Å². The normalized spacial score (nSPS) is 10.8. The second-order valence-corrected chi connectivity index (χ2v) is 5.66. The fourth-order valence-electron chi connectivity index (χ4n) is 2.07. The summed E-state index contributed by atoms with van der Waals surface area (Å²) in [6, 6.07) is 12.5. The number of hydrogen-bond acceptors (Lipinski definition) is 3. The summed E-state index contributed by atoms with van der Waals surface area (Å²) in [5, 5.41) is 5.53. The Balaban J connectivity index is 2.19. The van der Waals surface area contributed by atoms with Crippen molar-refractivity contribution in [3.8, 4) is 22.4 Å². The molecule has 0 saturated carbocycles. The molecular weight excluding hydrogens is 331 g/mol. The maximum Gasteiger partial charge on any atom is 0.230 e. The Bertz CT molecular complexity index is 814. The smallest absolute Gasteiger partial charge is 0.230 e. The molecule has 0 fully saturated rings. The third-order valence-corrected chi connectivity index (χ3v) is 4.00. The van der Waals surface area contributed by atoms with Gasteiger partial charge in [0.15, 0.2) is 0 Å². The van der Waals surface area contributed by atoms with Gasteiger partial charge in [0.25, 0.3) is 0 Å². The highest BCUT2D eigenvalue weighted by atomic mass is 35.5. The third kappa shape index (κ3) is 2.72. The van der Waals surface area contributed by atoms with Crippen LogP contribution in [0.3, 0.4) is 0 Å². The van der Waals surface area contributed by atoms with Gasteiger partial charge in [0.2, 0.25) is 5.88 Å². The standard InChI is InChI=1S/C15H9Cl3N2O/c16-10-3-1-2-8(6-10)13-14(20-21-15(13)19)9-4-5-11(17)12(18)7-9/h1-7H,19H2. The van der Waals surface area contributed by atoms with Crippen LogP contribution >= 0.6 is 34.8 Å². The summed E-state index contributed by atoms with van der Waals surface area (Å²) in [6.07, 6.45) is 0. The van der Waals surface area contributed by atoms with Gasteiger partial charge in [-0.1, -0.05) is 58.2 Å². The average molecular weight is 340 g/mol. The number of anilines is 1. The van der Waals surface area contributed by atoms with Gasteiger partial charge in [-0.3, -0.25) is 0 Å². The summed E-state index contributed by atoms with van der Waals surface area (Å²) >= 11 is 18.0. The van der Waals surface area contributed by atoms with Crippen molar-refractivity contribution >= 4 is 40.7 Å². The van der Waals surface area contributed by atoms with E-state index in [2.05, 4.69) is 5.16 Å². The van der Waals surface area contributed by atoms with Crippen LogP contribution in [-0.4, -0.2) is 5.16 Å². The second kappa shape index (κ2) is 5.60. The quantitative estimate of drug-likeness (QED) is 0.666. The van der Waals surface area contributed by atoms with E-state index in [1.165, 1.54) is 0 Å². The molecule has 3 rings (SSSR count). The Morgan fingerprint density at radius 3 is 2.43 bits per heavy atom. The number of nitrogens with zero attached hydrogens (tertiary/aromatic N) is 1. The van der Waals surface area contributed by atoms with Gasteiger partial charge in [-0.05, 0) is 29.8 Å². The van der Waals surface area contributed by atoms with Crippen molar-refractivity contribution in [2.75, 3.05) is 5.73 Å². The van der Waals surface area contributed by atoms with Crippen LogP contribution in [0.4, 0.5) is 5.88 Å². The highest BCUT2D eigenvalue weighted by Crippen LogP contribution is 2.38. The monoisotopic (exact) mass is 338 g/mol. The molecule has 6 heteroatoms. The fourth-order valence-corrected chi connectivity index (χ4v) is 2.55. The van der Waals surface area contributed by atoms with Crippen molar-refractivity contribution in [3.05, 3.63) is 57.5 Å². The van der Waals surface area contributed by atoms with Gasteiger partial charge in [0.1, 0.15) is 5.69 Å². The topological polar surface area (TPSA) is 52.0 Å². The summed E-state index contributed by atoms with van der Waals surface area (Å²) in [4.78, 5) is 0. The van der Waals surface area contributed by atoms with Crippen LogP contribution < -0.4 is 5.73 Å². The number of nitrogens with two attached hydrogens (primary N) is 1. The van der Waals surface area contributed by atoms with Crippen LogP contribution in [0.1, 0.15) is 0 Å². The summed E-state index contributed by atoms with van der Waals surface area (Å²) in [5.41, 5.74) is 8.75. The Morgan fingerprint density at radius 2 is 1.71 bits per heavy atom. The lowest BCUT2D eigenvalue weighted by Crippen LogP contribution is -1.88. The molecule has 21 heavy (non-hydrogen) atoms. The zero-order valence-corrected chi connectivity index (χ0v) is 12.9. The van der Waals surface area contributed by atoms with E-state index < -0.39 is 0 Å². The maximum atomic E-state index is 6.05. The number of rotatable bonds is 2. The highest BCUT2D eigenvalue weighted by Gasteiger charge is 2.18. The van der Waals surface area contributed by atoms with E-state index in [1.807, 2.05) is 12.1 Å². The fraction of sp³-hybridized carbons (Fsp3) is 0. The molecule has 0 saturated heterocycles. The predicted octanol–water partition coefficient (Wildman–Crippen LogP) is 5.55. The van der Waals surface area contributed by atoms with Crippen LogP contribution in [0.25, 0.3) is 22.4 Å². The molecule has 3 nitrogen and oxygen atoms in total. The third-order valence-electron chi connectivity index (χ3n) is 3.02. The minimum atomic E-state index is 0.221. The molecule has 0 bridgehead atoms. The number of halogens is 3. The molecule has 0 aliphatic heterocycles. The SMILES string of the molecule is Nc1onc(-c2ccc(Cl)c(Cl)c2)c1-c1cccc(Cl)c1. The lowest BCUT2D eigenvalue weighted by atomic mass is 10.0. The number of aromatic nitrogens is 1. The average Bonchev–Trinajstić information content (AvgIpc) is 2.84.